The second kappa shape index (κ2) is 5.85. The molecule has 1 aliphatic carbocycles. The number of aliphatic carboxylic acids is 1. The number of carboxylic acid groups (broad SMARTS) is 1. The predicted molar refractivity (Wildman–Crippen MR) is 78.1 cm³/mol. The topological polar surface area (TPSA) is 55.8 Å². The molecule has 2 saturated heterocycles. The zero-order valence-corrected chi connectivity index (χ0v) is 12.8. The summed E-state index contributed by atoms with van der Waals surface area (Å²) in [5.41, 5.74) is 0.162. The van der Waals surface area contributed by atoms with Crippen LogP contribution in [0.25, 0.3) is 0 Å². The fourth-order valence-electron chi connectivity index (χ4n) is 3.38. The van der Waals surface area contributed by atoms with Gasteiger partial charge in [0.25, 0.3) is 0 Å². The van der Waals surface area contributed by atoms with Gasteiger partial charge in [0.15, 0.2) is 0 Å². The Morgan fingerprint density at radius 2 is 1.95 bits per heavy atom. The fraction of sp³-hybridized carbons (Fsp3) is 0.933. The number of rotatable bonds is 5. The minimum absolute atomic E-state index is 0.0533. The van der Waals surface area contributed by atoms with Gasteiger partial charge in [-0.05, 0) is 49.7 Å². The van der Waals surface area contributed by atoms with E-state index in [0.29, 0.717) is 11.7 Å². The molecule has 0 aromatic carbocycles. The average molecular weight is 300 g/mol. The van der Waals surface area contributed by atoms with Crippen molar-refractivity contribution in [3.05, 3.63) is 0 Å². The standard InChI is InChI=1S/C15H24O4S/c16-13(17)10-14(2-3-14)11-20-12-1-6-19-15(9-12)4-7-18-8-5-15/h12H,1-11H2,(H,16,17). The molecule has 3 aliphatic rings. The molecule has 1 saturated carbocycles. The maximum absolute atomic E-state index is 10.9. The largest absolute Gasteiger partial charge is 0.481 e. The Hall–Kier alpha value is -0.260. The highest BCUT2D eigenvalue weighted by Crippen LogP contribution is 2.52. The fourth-order valence-corrected chi connectivity index (χ4v) is 5.05. The van der Waals surface area contributed by atoms with Crippen molar-refractivity contribution in [3.63, 3.8) is 0 Å². The van der Waals surface area contributed by atoms with E-state index in [-0.39, 0.29) is 11.0 Å². The number of carbonyl (C=O) groups is 1. The zero-order valence-electron chi connectivity index (χ0n) is 11.9. The molecule has 0 amide bonds. The van der Waals surface area contributed by atoms with Crippen molar-refractivity contribution in [2.45, 2.75) is 55.8 Å². The third-order valence-electron chi connectivity index (χ3n) is 4.96. The molecule has 0 aromatic heterocycles. The van der Waals surface area contributed by atoms with Crippen LogP contribution in [0.5, 0.6) is 0 Å². The van der Waals surface area contributed by atoms with Gasteiger partial charge >= 0.3 is 5.97 Å². The van der Waals surface area contributed by atoms with E-state index in [9.17, 15) is 4.79 Å². The summed E-state index contributed by atoms with van der Waals surface area (Å²) >= 11 is 1.99. The first-order chi connectivity index (χ1) is 9.62. The molecule has 1 N–H and O–H groups in total. The van der Waals surface area contributed by atoms with Crippen molar-refractivity contribution >= 4 is 17.7 Å². The van der Waals surface area contributed by atoms with Gasteiger partial charge in [-0.2, -0.15) is 11.8 Å². The molecule has 0 bridgehead atoms. The van der Waals surface area contributed by atoms with E-state index in [1.807, 2.05) is 11.8 Å². The Morgan fingerprint density at radius 3 is 2.60 bits per heavy atom. The summed E-state index contributed by atoms with van der Waals surface area (Å²) in [7, 11) is 0. The summed E-state index contributed by atoms with van der Waals surface area (Å²) < 4.78 is 11.5. The number of hydrogen-bond donors (Lipinski definition) is 1. The Balaban J connectivity index is 1.49. The van der Waals surface area contributed by atoms with Gasteiger partial charge in [-0.15, -0.1) is 0 Å². The summed E-state index contributed by atoms with van der Waals surface area (Å²) in [4.78, 5) is 10.9. The van der Waals surface area contributed by atoms with Gasteiger partial charge < -0.3 is 14.6 Å². The first-order valence-electron chi connectivity index (χ1n) is 7.67. The molecule has 114 valence electrons. The van der Waals surface area contributed by atoms with Crippen molar-refractivity contribution in [3.8, 4) is 0 Å². The lowest BCUT2D eigenvalue weighted by atomic mass is 9.86. The number of ether oxygens (including phenoxy) is 2. The Bertz CT molecular complexity index is 355. The number of hydrogen-bond acceptors (Lipinski definition) is 4. The van der Waals surface area contributed by atoms with Crippen molar-refractivity contribution in [1.82, 2.24) is 0 Å². The smallest absolute Gasteiger partial charge is 0.303 e. The summed E-state index contributed by atoms with van der Waals surface area (Å²) in [5.74, 6) is 0.368. The van der Waals surface area contributed by atoms with Gasteiger partial charge in [-0.3, -0.25) is 4.79 Å². The van der Waals surface area contributed by atoms with E-state index in [1.54, 1.807) is 0 Å². The van der Waals surface area contributed by atoms with E-state index < -0.39 is 5.97 Å². The summed E-state index contributed by atoms with van der Waals surface area (Å²) in [6, 6.07) is 0. The zero-order chi connectivity index (χ0) is 14.1. The van der Waals surface area contributed by atoms with Crippen LogP contribution < -0.4 is 0 Å². The van der Waals surface area contributed by atoms with Gasteiger partial charge in [0.05, 0.1) is 12.0 Å². The van der Waals surface area contributed by atoms with Gasteiger partial charge in [0, 0.05) is 25.1 Å². The molecule has 20 heavy (non-hydrogen) atoms. The monoisotopic (exact) mass is 300 g/mol. The van der Waals surface area contributed by atoms with Crippen molar-refractivity contribution in [1.29, 1.82) is 0 Å². The van der Waals surface area contributed by atoms with Crippen LogP contribution >= 0.6 is 11.8 Å². The SMILES string of the molecule is O=C(O)CC1(CSC2CCOC3(CCOCC3)C2)CC1. The molecule has 3 rings (SSSR count). The van der Waals surface area contributed by atoms with E-state index >= 15 is 0 Å². The van der Waals surface area contributed by atoms with E-state index in [0.717, 1.165) is 64.1 Å². The quantitative estimate of drug-likeness (QED) is 0.846. The van der Waals surface area contributed by atoms with E-state index in [2.05, 4.69) is 0 Å². The molecule has 0 radical (unpaired) electrons. The lowest BCUT2D eigenvalue weighted by molar-refractivity contribution is -0.138. The van der Waals surface area contributed by atoms with Crippen LogP contribution in [0.4, 0.5) is 0 Å². The summed E-state index contributed by atoms with van der Waals surface area (Å²) in [6.07, 6.45) is 6.79. The van der Waals surface area contributed by atoms with Crippen LogP contribution in [0.2, 0.25) is 0 Å². The van der Waals surface area contributed by atoms with Crippen molar-refractivity contribution in [2.75, 3.05) is 25.6 Å². The van der Waals surface area contributed by atoms with Crippen LogP contribution in [0.3, 0.4) is 0 Å². The second-order valence-electron chi connectivity index (χ2n) is 6.64. The van der Waals surface area contributed by atoms with Gasteiger partial charge in [0.1, 0.15) is 0 Å². The van der Waals surface area contributed by atoms with E-state index in [4.69, 9.17) is 14.6 Å². The maximum atomic E-state index is 10.9. The molecule has 0 aromatic rings. The van der Waals surface area contributed by atoms with Crippen LogP contribution in [0.1, 0.15) is 44.9 Å². The number of carboxylic acids is 1. The minimum Gasteiger partial charge on any atom is -0.481 e. The third kappa shape index (κ3) is 3.49. The molecule has 2 aliphatic heterocycles. The Kier molecular flexibility index (Phi) is 4.29. The third-order valence-corrected chi connectivity index (χ3v) is 6.61. The van der Waals surface area contributed by atoms with E-state index in [1.165, 1.54) is 0 Å². The van der Waals surface area contributed by atoms with Crippen LogP contribution in [0, 0.1) is 5.41 Å². The average Bonchev–Trinajstić information content (AvgIpc) is 3.17. The highest BCUT2D eigenvalue weighted by Gasteiger charge is 2.46. The molecule has 2 heterocycles. The maximum Gasteiger partial charge on any atom is 0.303 e. The molecular formula is C15H24O4S. The van der Waals surface area contributed by atoms with Crippen LogP contribution in [-0.4, -0.2) is 47.5 Å². The molecule has 1 unspecified atom stereocenters. The molecule has 5 heteroatoms. The highest BCUT2D eigenvalue weighted by atomic mass is 32.2. The lowest BCUT2D eigenvalue weighted by Gasteiger charge is -2.43. The Morgan fingerprint density at radius 1 is 1.20 bits per heavy atom. The van der Waals surface area contributed by atoms with Gasteiger partial charge in [-0.1, -0.05) is 0 Å². The predicted octanol–water partition coefficient (Wildman–Crippen LogP) is 2.70. The molecule has 3 fully saturated rings. The molecular weight excluding hydrogens is 276 g/mol. The summed E-state index contributed by atoms with van der Waals surface area (Å²) in [5, 5.41) is 9.61. The lowest BCUT2D eigenvalue weighted by Crippen LogP contribution is -2.45. The van der Waals surface area contributed by atoms with Gasteiger partial charge in [-0.25, -0.2) is 0 Å². The van der Waals surface area contributed by atoms with Crippen molar-refractivity contribution in [2.24, 2.45) is 5.41 Å². The van der Waals surface area contributed by atoms with Crippen LogP contribution in [-0.2, 0) is 14.3 Å². The number of thioether (sulfide) groups is 1. The van der Waals surface area contributed by atoms with Crippen molar-refractivity contribution < 1.29 is 19.4 Å². The minimum atomic E-state index is -0.643. The summed E-state index contributed by atoms with van der Waals surface area (Å²) in [6.45, 7) is 2.49. The van der Waals surface area contributed by atoms with Gasteiger partial charge in [0.2, 0.25) is 0 Å². The normalized spacial score (nSPS) is 31.1. The van der Waals surface area contributed by atoms with Crippen LogP contribution in [0.15, 0.2) is 0 Å². The first kappa shape index (κ1) is 14.7. The highest BCUT2D eigenvalue weighted by molar-refractivity contribution is 7.99. The first-order valence-corrected chi connectivity index (χ1v) is 8.72. The second-order valence-corrected chi connectivity index (χ2v) is 7.93. The molecule has 1 atom stereocenters. The molecule has 1 spiro atoms. The molecule has 4 nitrogen and oxygen atoms in total. The Labute approximate surface area is 124 Å².